The molecule has 0 spiro atoms. The summed E-state index contributed by atoms with van der Waals surface area (Å²) in [5, 5.41) is 3.03. The molecule has 1 amide bonds. The van der Waals surface area contributed by atoms with Gasteiger partial charge in [0.05, 0.1) is 0 Å². The lowest BCUT2D eigenvalue weighted by atomic mass is 9.87. The number of likely N-dealkylation sites (N-methyl/N-ethyl adjacent to an activating group) is 1. The van der Waals surface area contributed by atoms with Crippen LogP contribution in [0, 0.1) is 5.92 Å². The first-order valence-corrected chi connectivity index (χ1v) is 6.10. The molecule has 96 valence electrons. The lowest BCUT2D eigenvalue weighted by Crippen LogP contribution is -2.29. The fourth-order valence-corrected chi connectivity index (χ4v) is 2.99. The maximum absolute atomic E-state index is 11.9. The summed E-state index contributed by atoms with van der Waals surface area (Å²) < 4.78 is 0. The molecule has 0 radical (unpaired) electrons. The number of hydrogen-bond donors (Lipinski definition) is 1. The second-order valence-corrected chi connectivity index (χ2v) is 4.89. The average molecular weight is 246 g/mol. The van der Waals surface area contributed by atoms with E-state index in [2.05, 4.69) is 23.3 Å². The van der Waals surface area contributed by atoms with E-state index in [1.165, 1.54) is 5.56 Å². The van der Waals surface area contributed by atoms with Crippen LogP contribution in [0.2, 0.25) is 0 Å². The number of nitrogens with one attached hydrogen (secondary N) is 1. The van der Waals surface area contributed by atoms with Gasteiger partial charge in [-0.2, -0.15) is 0 Å². The molecule has 1 aromatic carbocycles. The molecule has 2 heterocycles. The van der Waals surface area contributed by atoms with E-state index in [9.17, 15) is 4.79 Å². The molecule has 0 unspecified atom stereocenters. The van der Waals surface area contributed by atoms with Crippen molar-refractivity contribution < 1.29 is 9.59 Å². The molecule has 1 aromatic rings. The van der Waals surface area contributed by atoms with Gasteiger partial charge in [0, 0.05) is 31.1 Å². The average Bonchev–Trinajstić information content (AvgIpc) is 2.74. The van der Waals surface area contributed by atoms with E-state index in [-0.39, 0.29) is 5.91 Å². The first-order chi connectivity index (χ1) is 8.75. The molecule has 1 N–H and O–H groups in total. The third kappa shape index (κ3) is 2.16. The Labute approximate surface area is 107 Å². The van der Waals surface area contributed by atoms with E-state index in [1.807, 2.05) is 25.0 Å². The first-order valence-electron chi connectivity index (χ1n) is 6.10. The number of nitrogens with zero attached hydrogens (tertiary/aromatic N) is 1. The lowest BCUT2D eigenvalue weighted by Gasteiger charge is -2.15. The molecule has 2 aliphatic rings. The molecule has 0 saturated carbocycles. The highest BCUT2D eigenvalue weighted by atomic mass is 16.1. The van der Waals surface area contributed by atoms with Crippen molar-refractivity contribution in [2.45, 2.75) is 5.92 Å². The third-order valence-corrected chi connectivity index (χ3v) is 3.75. The molecular formula is C14H18N2O2. The molecule has 0 aliphatic carbocycles. The summed E-state index contributed by atoms with van der Waals surface area (Å²) >= 11 is 0. The Balaban J connectivity index is 0.000000574. The number of carbonyl (C=O) groups is 2. The Hall–Kier alpha value is -1.68. The van der Waals surface area contributed by atoms with Crippen LogP contribution in [0.3, 0.4) is 0 Å². The highest BCUT2D eigenvalue weighted by molar-refractivity contribution is 5.96. The predicted molar refractivity (Wildman–Crippen MR) is 69.6 cm³/mol. The van der Waals surface area contributed by atoms with Gasteiger partial charge in [0.15, 0.2) is 0 Å². The van der Waals surface area contributed by atoms with Gasteiger partial charge in [0.25, 0.3) is 5.91 Å². The molecule has 1 saturated heterocycles. The minimum Gasteiger partial charge on any atom is -0.352 e. The number of fused-ring (bicyclic) bond motifs is 3. The van der Waals surface area contributed by atoms with E-state index in [4.69, 9.17) is 4.79 Å². The highest BCUT2D eigenvalue weighted by Crippen LogP contribution is 2.35. The highest BCUT2D eigenvalue weighted by Gasteiger charge is 2.36. The van der Waals surface area contributed by atoms with Crippen molar-refractivity contribution in [3.8, 4) is 0 Å². The van der Waals surface area contributed by atoms with Gasteiger partial charge in [0.1, 0.15) is 6.79 Å². The first kappa shape index (κ1) is 12.8. The fourth-order valence-electron chi connectivity index (χ4n) is 2.99. The van der Waals surface area contributed by atoms with Crippen molar-refractivity contribution >= 4 is 12.7 Å². The van der Waals surface area contributed by atoms with E-state index in [1.54, 1.807) is 0 Å². The van der Waals surface area contributed by atoms with Gasteiger partial charge >= 0.3 is 0 Å². The number of hydrogen-bond acceptors (Lipinski definition) is 3. The fraction of sp³-hybridized carbons (Fsp3) is 0.429. The van der Waals surface area contributed by atoms with Crippen molar-refractivity contribution in [1.29, 1.82) is 0 Å². The quantitative estimate of drug-likeness (QED) is 0.739. The van der Waals surface area contributed by atoms with E-state index in [0.717, 1.165) is 25.2 Å². The molecule has 3 rings (SSSR count). The minimum absolute atomic E-state index is 0.0904. The smallest absolute Gasteiger partial charge is 0.251 e. The van der Waals surface area contributed by atoms with Gasteiger partial charge < -0.3 is 15.0 Å². The van der Waals surface area contributed by atoms with Crippen LogP contribution in [0.4, 0.5) is 0 Å². The zero-order chi connectivity index (χ0) is 13.1. The van der Waals surface area contributed by atoms with Crippen LogP contribution in [0.1, 0.15) is 21.8 Å². The van der Waals surface area contributed by atoms with Crippen molar-refractivity contribution in [3.05, 3.63) is 35.4 Å². The zero-order valence-electron chi connectivity index (χ0n) is 10.6. The van der Waals surface area contributed by atoms with E-state index in [0.29, 0.717) is 11.8 Å². The minimum atomic E-state index is 0.0904. The molecule has 2 atom stereocenters. The second-order valence-electron chi connectivity index (χ2n) is 4.89. The Morgan fingerprint density at radius 2 is 2.00 bits per heavy atom. The van der Waals surface area contributed by atoms with Crippen LogP contribution < -0.4 is 5.32 Å². The molecule has 4 nitrogen and oxygen atoms in total. The van der Waals surface area contributed by atoms with E-state index < -0.39 is 0 Å². The topological polar surface area (TPSA) is 49.4 Å². The standard InChI is InChI=1S/C13H16N2O.CH2O/c1-15-7-9-6-14-13(16)11-5-3-2-4-10(11)12(9)8-15;1-2/h2-5,9,12H,6-8H2,1H3,(H,14,16);1H2/t9-,12-;/m1./s1. The predicted octanol–water partition coefficient (Wildman–Crippen LogP) is 0.890. The number of likely N-dealkylation sites (tertiary alicyclic amines) is 1. The van der Waals surface area contributed by atoms with Gasteiger partial charge in [-0.15, -0.1) is 0 Å². The van der Waals surface area contributed by atoms with Gasteiger partial charge in [-0.3, -0.25) is 4.79 Å². The molecular weight excluding hydrogens is 228 g/mol. The Bertz CT molecular complexity index is 447. The summed E-state index contributed by atoms with van der Waals surface area (Å²) in [7, 11) is 2.15. The van der Waals surface area contributed by atoms with Crippen LogP contribution in [-0.4, -0.2) is 44.3 Å². The van der Waals surface area contributed by atoms with Crippen LogP contribution in [0.15, 0.2) is 24.3 Å². The summed E-state index contributed by atoms with van der Waals surface area (Å²) in [6, 6.07) is 8.02. The van der Waals surface area contributed by atoms with Crippen LogP contribution in [-0.2, 0) is 4.79 Å². The molecule has 1 fully saturated rings. The van der Waals surface area contributed by atoms with Gasteiger partial charge in [-0.05, 0) is 24.6 Å². The zero-order valence-corrected chi connectivity index (χ0v) is 10.6. The molecule has 18 heavy (non-hydrogen) atoms. The molecule has 0 bridgehead atoms. The Morgan fingerprint density at radius 1 is 1.28 bits per heavy atom. The third-order valence-electron chi connectivity index (χ3n) is 3.75. The van der Waals surface area contributed by atoms with Crippen LogP contribution in [0.25, 0.3) is 0 Å². The maximum atomic E-state index is 11.9. The van der Waals surface area contributed by atoms with Crippen LogP contribution >= 0.6 is 0 Å². The molecule has 4 heteroatoms. The normalized spacial score (nSPS) is 26.2. The lowest BCUT2D eigenvalue weighted by molar-refractivity contribution is -0.0979. The number of amides is 1. The Kier molecular flexibility index (Phi) is 3.77. The summed E-state index contributed by atoms with van der Waals surface area (Å²) in [5.74, 6) is 1.17. The van der Waals surface area contributed by atoms with E-state index >= 15 is 0 Å². The van der Waals surface area contributed by atoms with Crippen molar-refractivity contribution in [2.24, 2.45) is 5.92 Å². The summed E-state index contributed by atoms with van der Waals surface area (Å²) in [6.07, 6.45) is 0. The second kappa shape index (κ2) is 5.31. The SMILES string of the molecule is C=O.CN1C[C@H]2CNC(=O)c3ccccc3[C@@H]2C1. The molecule has 2 aliphatic heterocycles. The van der Waals surface area contributed by atoms with Crippen molar-refractivity contribution in [1.82, 2.24) is 10.2 Å². The summed E-state index contributed by atoms with van der Waals surface area (Å²) in [5.41, 5.74) is 2.09. The Morgan fingerprint density at radius 3 is 2.78 bits per heavy atom. The van der Waals surface area contributed by atoms with Crippen molar-refractivity contribution in [2.75, 3.05) is 26.7 Å². The summed E-state index contributed by atoms with van der Waals surface area (Å²) in [4.78, 5) is 22.2. The largest absolute Gasteiger partial charge is 0.352 e. The van der Waals surface area contributed by atoms with Crippen LogP contribution in [0.5, 0.6) is 0 Å². The number of rotatable bonds is 0. The van der Waals surface area contributed by atoms with Gasteiger partial charge in [0.2, 0.25) is 0 Å². The maximum Gasteiger partial charge on any atom is 0.251 e. The summed E-state index contributed by atoms with van der Waals surface area (Å²) in [6.45, 7) is 4.96. The van der Waals surface area contributed by atoms with Gasteiger partial charge in [-0.1, -0.05) is 18.2 Å². The monoisotopic (exact) mass is 246 g/mol. The molecule has 0 aromatic heterocycles. The van der Waals surface area contributed by atoms with Crippen molar-refractivity contribution in [3.63, 3.8) is 0 Å². The van der Waals surface area contributed by atoms with Gasteiger partial charge in [-0.25, -0.2) is 0 Å². The number of carbonyl (C=O) groups excluding carboxylic acids is 2. The number of benzene rings is 1.